The van der Waals surface area contributed by atoms with E-state index in [1.165, 1.54) is 12.1 Å². The summed E-state index contributed by atoms with van der Waals surface area (Å²) in [6.45, 7) is 3.71. The van der Waals surface area contributed by atoms with E-state index in [0.29, 0.717) is 11.5 Å². The van der Waals surface area contributed by atoms with Gasteiger partial charge in [-0.25, -0.2) is 9.37 Å². The molecule has 4 nitrogen and oxygen atoms in total. The van der Waals surface area contributed by atoms with Gasteiger partial charge in [0.15, 0.2) is 0 Å². The quantitative estimate of drug-likeness (QED) is 0.835. The molecule has 0 aliphatic carbocycles. The number of nitrogen functional groups attached to an aromatic ring is 1. The lowest BCUT2D eigenvalue weighted by molar-refractivity contribution is 0.628. The maximum atomic E-state index is 13.1. The Morgan fingerprint density at radius 1 is 1.18 bits per heavy atom. The molecule has 1 aromatic carbocycles. The summed E-state index contributed by atoms with van der Waals surface area (Å²) in [4.78, 5) is 8.00. The molecule has 0 atom stereocenters. The Labute approximate surface area is 98.7 Å². The van der Waals surface area contributed by atoms with Crippen LogP contribution in [-0.4, -0.2) is 9.97 Å². The Hall–Kier alpha value is -2.17. The van der Waals surface area contributed by atoms with Crippen molar-refractivity contribution < 1.29 is 4.39 Å². The van der Waals surface area contributed by atoms with Crippen LogP contribution in [0.1, 0.15) is 11.3 Å². The number of hydrogen-bond acceptors (Lipinski definition) is 4. The van der Waals surface area contributed by atoms with Crippen molar-refractivity contribution in [1.82, 2.24) is 9.97 Å². The van der Waals surface area contributed by atoms with Crippen LogP contribution in [0.2, 0.25) is 0 Å². The Balaban J connectivity index is 2.34. The highest BCUT2D eigenvalue weighted by atomic mass is 19.1. The molecule has 0 saturated heterocycles. The highest BCUT2D eigenvalue weighted by molar-refractivity contribution is 5.61. The van der Waals surface area contributed by atoms with Crippen LogP contribution >= 0.6 is 0 Å². The zero-order chi connectivity index (χ0) is 12.4. The number of nitrogens with one attached hydrogen (secondary N) is 1. The van der Waals surface area contributed by atoms with Gasteiger partial charge in [-0.1, -0.05) is 6.07 Å². The topological polar surface area (TPSA) is 63.8 Å². The largest absolute Gasteiger partial charge is 0.368 e. The Bertz CT molecular complexity index is 534. The third-order valence-corrected chi connectivity index (χ3v) is 2.33. The zero-order valence-corrected chi connectivity index (χ0v) is 9.66. The van der Waals surface area contributed by atoms with Gasteiger partial charge in [0, 0.05) is 17.4 Å². The third-order valence-electron chi connectivity index (χ3n) is 2.33. The molecule has 0 amide bonds. The van der Waals surface area contributed by atoms with Crippen molar-refractivity contribution in [2.75, 3.05) is 11.1 Å². The molecule has 3 N–H and O–H groups in total. The van der Waals surface area contributed by atoms with E-state index in [1.807, 2.05) is 13.8 Å². The van der Waals surface area contributed by atoms with Crippen molar-refractivity contribution in [3.05, 3.63) is 41.3 Å². The number of nitrogens with zero attached hydrogens (tertiary/aromatic N) is 2. The molecule has 0 spiro atoms. The molecule has 88 valence electrons. The van der Waals surface area contributed by atoms with E-state index in [9.17, 15) is 4.39 Å². The lowest BCUT2D eigenvalue weighted by Crippen LogP contribution is -2.02. The summed E-state index contributed by atoms with van der Waals surface area (Å²) in [6, 6.07) is 6.29. The normalized spacial score (nSPS) is 10.3. The van der Waals surface area contributed by atoms with Crippen molar-refractivity contribution in [2.45, 2.75) is 13.8 Å². The smallest absolute Gasteiger partial charge is 0.222 e. The van der Waals surface area contributed by atoms with Gasteiger partial charge in [0.1, 0.15) is 11.6 Å². The fourth-order valence-electron chi connectivity index (χ4n) is 1.52. The maximum Gasteiger partial charge on any atom is 0.222 e. The van der Waals surface area contributed by atoms with Crippen LogP contribution in [-0.2, 0) is 0 Å². The van der Waals surface area contributed by atoms with Crippen molar-refractivity contribution in [1.29, 1.82) is 0 Å². The molecule has 0 bridgehead atoms. The minimum atomic E-state index is -0.295. The van der Waals surface area contributed by atoms with E-state index in [-0.39, 0.29) is 11.8 Å². The van der Waals surface area contributed by atoms with E-state index >= 15 is 0 Å². The highest BCUT2D eigenvalue weighted by Gasteiger charge is 2.03. The molecule has 0 saturated carbocycles. The number of rotatable bonds is 2. The van der Waals surface area contributed by atoms with Crippen LogP contribution in [0.3, 0.4) is 0 Å². The second-order valence-electron chi connectivity index (χ2n) is 3.84. The number of halogens is 1. The first-order valence-electron chi connectivity index (χ1n) is 5.19. The summed E-state index contributed by atoms with van der Waals surface area (Å²) in [5.74, 6) is 0.460. The molecular formula is C12H13FN4. The molecule has 0 fully saturated rings. The van der Waals surface area contributed by atoms with Crippen LogP contribution in [0.25, 0.3) is 0 Å². The Kier molecular flexibility index (Phi) is 2.91. The van der Waals surface area contributed by atoms with Gasteiger partial charge in [-0.2, -0.15) is 4.98 Å². The lowest BCUT2D eigenvalue weighted by atomic mass is 10.2. The van der Waals surface area contributed by atoms with Crippen molar-refractivity contribution in [3.63, 3.8) is 0 Å². The SMILES string of the molecule is Cc1cc(Nc2cc(F)ccc2C)nc(N)n1. The fraction of sp³-hybridized carbons (Fsp3) is 0.167. The molecule has 0 aliphatic rings. The molecule has 2 aromatic rings. The molecule has 0 aliphatic heterocycles. The van der Waals surface area contributed by atoms with E-state index in [1.54, 1.807) is 12.1 Å². The molecule has 1 heterocycles. The average Bonchev–Trinajstić information content (AvgIpc) is 2.22. The summed E-state index contributed by atoms with van der Waals surface area (Å²) in [5.41, 5.74) is 7.90. The summed E-state index contributed by atoms with van der Waals surface area (Å²) >= 11 is 0. The predicted molar refractivity (Wildman–Crippen MR) is 65.6 cm³/mol. The number of nitrogens with two attached hydrogens (primary N) is 1. The summed E-state index contributed by atoms with van der Waals surface area (Å²) in [6.07, 6.45) is 0. The average molecular weight is 232 g/mol. The van der Waals surface area contributed by atoms with E-state index in [0.717, 1.165) is 11.3 Å². The van der Waals surface area contributed by atoms with Gasteiger partial charge in [-0.05, 0) is 31.5 Å². The Morgan fingerprint density at radius 2 is 1.94 bits per heavy atom. The second kappa shape index (κ2) is 4.37. The first-order valence-corrected chi connectivity index (χ1v) is 5.19. The number of aryl methyl sites for hydroxylation is 2. The van der Waals surface area contributed by atoms with Gasteiger partial charge in [-0.3, -0.25) is 0 Å². The monoisotopic (exact) mass is 232 g/mol. The van der Waals surface area contributed by atoms with Crippen LogP contribution in [0.15, 0.2) is 24.3 Å². The summed E-state index contributed by atoms with van der Waals surface area (Å²) < 4.78 is 13.1. The van der Waals surface area contributed by atoms with Gasteiger partial charge in [0.25, 0.3) is 0 Å². The highest BCUT2D eigenvalue weighted by Crippen LogP contribution is 2.20. The number of aromatic nitrogens is 2. The third kappa shape index (κ3) is 2.69. The van der Waals surface area contributed by atoms with Crippen molar-refractivity contribution in [3.8, 4) is 0 Å². The van der Waals surface area contributed by atoms with Gasteiger partial charge >= 0.3 is 0 Å². The van der Waals surface area contributed by atoms with Gasteiger partial charge in [-0.15, -0.1) is 0 Å². The van der Waals surface area contributed by atoms with Gasteiger partial charge < -0.3 is 11.1 Å². The molecule has 5 heteroatoms. The standard InChI is InChI=1S/C12H13FN4/c1-7-3-4-9(13)6-10(7)16-11-5-8(2)15-12(14)17-11/h3-6H,1-2H3,(H3,14,15,16,17). The minimum absolute atomic E-state index is 0.196. The number of hydrogen-bond donors (Lipinski definition) is 2. The number of anilines is 3. The van der Waals surface area contributed by atoms with Crippen LogP contribution in [0, 0.1) is 19.7 Å². The van der Waals surface area contributed by atoms with Crippen LogP contribution < -0.4 is 11.1 Å². The van der Waals surface area contributed by atoms with E-state index in [4.69, 9.17) is 5.73 Å². The van der Waals surface area contributed by atoms with E-state index < -0.39 is 0 Å². The maximum absolute atomic E-state index is 13.1. The first-order chi connectivity index (χ1) is 8.04. The first kappa shape index (κ1) is 11.3. The zero-order valence-electron chi connectivity index (χ0n) is 9.66. The second-order valence-corrected chi connectivity index (χ2v) is 3.84. The Morgan fingerprint density at radius 3 is 2.65 bits per heavy atom. The molecule has 2 rings (SSSR count). The minimum Gasteiger partial charge on any atom is -0.368 e. The van der Waals surface area contributed by atoms with Crippen molar-refractivity contribution >= 4 is 17.5 Å². The van der Waals surface area contributed by atoms with Gasteiger partial charge in [0.05, 0.1) is 0 Å². The molecule has 17 heavy (non-hydrogen) atoms. The summed E-state index contributed by atoms with van der Waals surface area (Å²) in [5, 5.41) is 3.02. The van der Waals surface area contributed by atoms with Crippen LogP contribution in [0.5, 0.6) is 0 Å². The predicted octanol–water partition coefficient (Wildman–Crippen LogP) is 2.56. The van der Waals surface area contributed by atoms with Crippen molar-refractivity contribution in [2.24, 2.45) is 0 Å². The van der Waals surface area contributed by atoms with E-state index in [2.05, 4.69) is 15.3 Å². The van der Waals surface area contributed by atoms with Crippen LogP contribution in [0.4, 0.5) is 21.8 Å². The molecule has 0 unspecified atom stereocenters. The lowest BCUT2D eigenvalue weighted by Gasteiger charge is -2.09. The van der Waals surface area contributed by atoms with Gasteiger partial charge in [0.2, 0.25) is 5.95 Å². The fourth-order valence-corrected chi connectivity index (χ4v) is 1.52. The summed E-state index contributed by atoms with van der Waals surface area (Å²) in [7, 11) is 0. The molecule has 1 aromatic heterocycles. The molecular weight excluding hydrogens is 219 g/mol. The number of benzene rings is 1. The molecule has 0 radical (unpaired) electrons.